The molecule has 0 spiro atoms. The van der Waals surface area contributed by atoms with Crippen LogP contribution in [-0.2, 0) is 9.59 Å². The van der Waals surface area contributed by atoms with E-state index in [0.717, 1.165) is 5.56 Å². The summed E-state index contributed by atoms with van der Waals surface area (Å²) in [7, 11) is 0. The first kappa shape index (κ1) is 12.7. The van der Waals surface area contributed by atoms with Crippen LogP contribution in [0.15, 0.2) is 16.8 Å². The number of carbonyl (C=O) groups is 2. The summed E-state index contributed by atoms with van der Waals surface area (Å²) in [6.07, 6.45) is -0.137. The number of rotatable bonds is 5. The van der Waals surface area contributed by atoms with E-state index in [1.165, 1.54) is 0 Å². The van der Waals surface area contributed by atoms with E-state index in [0.29, 0.717) is 0 Å². The molecule has 0 aromatic carbocycles. The molecule has 0 bridgehead atoms. The summed E-state index contributed by atoms with van der Waals surface area (Å²) in [4.78, 5) is 22.1. The number of primary amides is 1. The van der Waals surface area contributed by atoms with E-state index in [1.54, 1.807) is 11.3 Å². The Morgan fingerprint density at radius 3 is 2.75 bits per heavy atom. The molecule has 0 saturated heterocycles. The molecular formula is C10H15N3O2S. The van der Waals surface area contributed by atoms with Gasteiger partial charge in [-0.15, -0.1) is 0 Å². The molecule has 0 aliphatic carbocycles. The molecule has 5 nitrogen and oxygen atoms in total. The average molecular weight is 241 g/mol. The van der Waals surface area contributed by atoms with E-state index in [4.69, 9.17) is 11.5 Å². The maximum atomic E-state index is 11.5. The Morgan fingerprint density at radius 2 is 2.25 bits per heavy atom. The van der Waals surface area contributed by atoms with Crippen LogP contribution in [0.2, 0.25) is 0 Å². The molecule has 0 aliphatic rings. The zero-order valence-electron chi connectivity index (χ0n) is 8.97. The Kier molecular flexibility index (Phi) is 4.45. The molecule has 5 N–H and O–H groups in total. The molecular weight excluding hydrogens is 226 g/mol. The molecule has 6 heteroatoms. The fourth-order valence-electron chi connectivity index (χ4n) is 1.23. The Morgan fingerprint density at radius 1 is 1.56 bits per heavy atom. The maximum Gasteiger partial charge on any atom is 0.237 e. The van der Waals surface area contributed by atoms with Gasteiger partial charge >= 0.3 is 0 Å². The molecule has 0 radical (unpaired) electrons. The van der Waals surface area contributed by atoms with E-state index in [2.05, 4.69) is 5.32 Å². The Bertz CT molecular complexity index is 364. The first-order valence-electron chi connectivity index (χ1n) is 4.87. The van der Waals surface area contributed by atoms with E-state index >= 15 is 0 Å². The smallest absolute Gasteiger partial charge is 0.237 e. The van der Waals surface area contributed by atoms with E-state index < -0.39 is 11.9 Å². The number of amides is 2. The van der Waals surface area contributed by atoms with Gasteiger partial charge in [0.1, 0.15) is 0 Å². The highest BCUT2D eigenvalue weighted by Gasteiger charge is 2.18. The highest BCUT2D eigenvalue weighted by Crippen LogP contribution is 2.15. The lowest BCUT2D eigenvalue weighted by molar-refractivity contribution is -0.126. The van der Waals surface area contributed by atoms with Gasteiger partial charge in [-0.05, 0) is 29.3 Å². The van der Waals surface area contributed by atoms with Crippen LogP contribution in [0.1, 0.15) is 24.9 Å². The molecule has 2 amide bonds. The predicted octanol–water partition coefficient (Wildman–Crippen LogP) is 0.128. The van der Waals surface area contributed by atoms with Crippen molar-refractivity contribution >= 4 is 23.2 Å². The van der Waals surface area contributed by atoms with Crippen LogP contribution < -0.4 is 16.8 Å². The van der Waals surface area contributed by atoms with Crippen LogP contribution in [0, 0.1) is 0 Å². The molecule has 0 fully saturated rings. The van der Waals surface area contributed by atoms with Crippen molar-refractivity contribution in [2.45, 2.75) is 25.4 Å². The van der Waals surface area contributed by atoms with Crippen LogP contribution in [0.4, 0.5) is 0 Å². The van der Waals surface area contributed by atoms with Crippen LogP contribution in [0.5, 0.6) is 0 Å². The molecule has 16 heavy (non-hydrogen) atoms. The average Bonchev–Trinajstić information content (AvgIpc) is 2.68. The third kappa shape index (κ3) is 3.63. The second kappa shape index (κ2) is 5.62. The summed E-state index contributed by atoms with van der Waals surface area (Å²) in [5.74, 6) is -0.941. The second-order valence-corrected chi connectivity index (χ2v) is 4.34. The first-order valence-corrected chi connectivity index (χ1v) is 5.81. The van der Waals surface area contributed by atoms with Crippen molar-refractivity contribution in [1.82, 2.24) is 5.32 Å². The summed E-state index contributed by atoms with van der Waals surface area (Å²) >= 11 is 1.56. The summed E-state index contributed by atoms with van der Waals surface area (Å²) < 4.78 is 0. The third-order valence-electron chi connectivity index (χ3n) is 2.16. The van der Waals surface area contributed by atoms with Crippen LogP contribution in [0.3, 0.4) is 0 Å². The van der Waals surface area contributed by atoms with Crippen LogP contribution in [-0.4, -0.2) is 17.9 Å². The molecule has 2 atom stereocenters. The largest absolute Gasteiger partial charge is 0.370 e. The first-order chi connectivity index (χ1) is 7.50. The number of nitrogens with two attached hydrogens (primary N) is 2. The topological polar surface area (TPSA) is 98.2 Å². The monoisotopic (exact) mass is 241 g/mol. The molecule has 1 aromatic rings. The quantitative estimate of drug-likeness (QED) is 0.683. The molecule has 0 saturated carbocycles. The van der Waals surface area contributed by atoms with Gasteiger partial charge in [0.15, 0.2) is 0 Å². The van der Waals surface area contributed by atoms with Gasteiger partial charge in [-0.2, -0.15) is 11.3 Å². The number of thiophene rings is 1. The zero-order valence-corrected chi connectivity index (χ0v) is 9.79. The summed E-state index contributed by atoms with van der Waals surface area (Å²) in [6.45, 7) is 1.86. The van der Waals surface area contributed by atoms with Gasteiger partial charge in [0.2, 0.25) is 11.8 Å². The molecule has 1 aromatic heterocycles. The van der Waals surface area contributed by atoms with Gasteiger partial charge in [0.05, 0.1) is 18.5 Å². The van der Waals surface area contributed by atoms with Crippen molar-refractivity contribution in [2.75, 3.05) is 0 Å². The molecule has 1 heterocycles. The summed E-state index contributed by atoms with van der Waals surface area (Å²) in [5, 5.41) is 6.60. The van der Waals surface area contributed by atoms with Gasteiger partial charge in [-0.1, -0.05) is 0 Å². The van der Waals surface area contributed by atoms with Crippen molar-refractivity contribution in [3.05, 3.63) is 22.4 Å². The Balaban J connectivity index is 2.48. The van der Waals surface area contributed by atoms with Crippen molar-refractivity contribution in [3.8, 4) is 0 Å². The summed E-state index contributed by atoms with van der Waals surface area (Å²) in [5.41, 5.74) is 11.5. The number of nitrogens with one attached hydrogen (secondary N) is 1. The van der Waals surface area contributed by atoms with Crippen molar-refractivity contribution in [2.24, 2.45) is 11.5 Å². The molecule has 0 aliphatic heterocycles. The minimum Gasteiger partial charge on any atom is -0.370 e. The lowest BCUT2D eigenvalue weighted by atomic mass is 10.1. The Hall–Kier alpha value is -1.40. The highest BCUT2D eigenvalue weighted by atomic mass is 32.1. The molecule has 88 valence electrons. The number of hydrogen-bond acceptors (Lipinski definition) is 4. The SMILES string of the molecule is CC(NC(=O)C(N)CC(N)=O)c1ccsc1. The van der Waals surface area contributed by atoms with Gasteiger partial charge in [-0.25, -0.2) is 0 Å². The zero-order chi connectivity index (χ0) is 12.1. The third-order valence-corrected chi connectivity index (χ3v) is 2.86. The van der Waals surface area contributed by atoms with Crippen molar-refractivity contribution < 1.29 is 9.59 Å². The lowest BCUT2D eigenvalue weighted by Crippen LogP contribution is -2.43. The molecule has 1 rings (SSSR count). The fraction of sp³-hybridized carbons (Fsp3) is 0.400. The Labute approximate surface area is 97.8 Å². The van der Waals surface area contributed by atoms with E-state index in [1.807, 2.05) is 23.8 Å². The summed E-state index contributed by atoms with van der Waals surface area (Å²) in [6, 6.07) is 0.936. The standard InChI is InChI=1S/C10H15N3O2S/c1-6(7-2-3-16-5-7)13-10(15)8(11)4-9(12)14/h2-3,5-6,8H,4,11H2,1H3,(H2,12,14)(H,13,15). The van der Waals surface area contributed by atoms with Crippen molar-refractivity contribution in [3.63, 3.8) is 0 Å². The van der Waals surface area contributed by atoms with E-state index in [9.17, 15) is 9.59 Å². The normalized spacial score (nSPS) is 14.1. The fourth-order valence-corrected chi connectivity index (χ4v) is 1.99. The van der Waals surface area contributed by atoms with Gasteiger partial charge in [0, 0.05) is 0 Å². The predicted molar refractivity (Wildman–Crippen MR) is 62.7 cm³/mol. The van der Waals surface area contributed by atoms with E-state index in [-0.39, 0.29) is 18.4 Å². The van der Waals surface area contributed by atoms with Gasteiger partial charge < -0.3 is 16.8 Å². The minimum atomic E-state index is -0.876. The lowest BCUT2D eigenvalue weighted by Gasteiger charge is -2.15. The van der Waals surface area contributed by atoms with Gasteiger partial charge in [0.25, 0.3) is 0 Å². The van der Waals surface area contributed by atoms with Gasteiger partial charge in [-0.3, -0.25) is 9.59 Å². The molecule has 2 unspecified atom stereocenters. The highest BCUT2D eigenvalue weighted by molar-refractivity contribution is 7.07. The minimum absolute atomic E-state index is 0.113. The number of hydrogen-bond donors (Lipinski definition) is 3. The van der Waals surface area contributed by atoms with Crippen molar-refractivity contribution in [1.29, 1.82) is 0 Å². The van der Waals surface area contributed by atoms with Crippen LogP contribution >= 0.6 is 11.3 Å². The number of carbonyl (C=O) groups excluding carboxylic acids is 2. The second-order valence-electron chi connectivity index (χ2n) is 3.56. The van der Waals surface area contributed by atoms with Crippen LogP contribution in [0.25, 0.3) is 0 Å². The maximum absolute atomic E-state index is 11.5.